The van der Waals surface area contributed by atoms with Crippen LogP contribution >= 0.6 is 23.2 Å². The fraction of sp³-hybridized carbons (Fsp3) is 0.167. The molecule has 1 aromatic carbocycles. The molecule has 1 atom stereocenters. The summed E-state index contributed by atoms with van der Waals surface area (Å²) >= 11 is 12.0. The summed E-state index contributed by atoms with van der Waals surface area (Å²) in [6.45, 7) is 1.42. The van der Waals surface area contributed by atoms with E-state index in [0.29, 0.717) is 21.3 Å². The number of nitrogens with zero attached hydrogens (tertiary/aromatic N) is 4. The molecule has 0 bridgehead atoms. The van der Waals surface area contributed by atoms with Crippen molar-refractivity contribution < 1.29 is 14.0 Å². The van der Waals surface area contributed by atoms with Gasteiger partial charge in [-0.15, -0.1) is 10.2 Å². The van der Waals surface area contributed by atoms with E-state index in [9.17, 15) is 9.59 Å². The lowest BCUT2D eigenvalue weighted by molar-refractivity contribution is -0.131. The Morgan fingerprint density at radius 2 is 2.00 bits per heavy atom. The number of urea groups is 1. The summed E-state index contributed by atoms with van der Waals surface area (Å²) in [6, 6.07) is 9.43. The molecule has 1 N–H and O–H groups in total. The van der Waals surface area contributed by atoms with Crippen LogP contribution < -0.4 is 5.32 Å². The maximum Gasteiger partial charge on any atom is 0.325 e. The summed E-state index contributed by atoms with van der Waals surface area (Å²) in [5, 5.41) is 11.3. The number of carbonyl (C=O) groups is 2. The van der Waals surface area contributed by atoms with E-state index in [1.165, 1.54) is 0 Å². The van der Waals surface area contributed by atoms with Crippen LogP contribution in [-0.2, 0) is 16.9 Å². The Morgan fingerprint density at radius 1 is 1.18 bits per heavy atom. The Kier molecular flexibility index (Phi) is 4.52. The second-order valence-corrected chi connectivity index (χ2v) is 7.13. The Balaban J connectivity index is 1.58. The highest BCUT2D eigenvalue weighted by molar-refractivity contribution is 6.36. The maximum absolute atomic E-state index is 12.9. The van der Waals surface area contributed by atoms with Gasteiger partial charge in [-0.05, 0) is 37.3 Å². The summed E-state index contributed by atoms with van der Waals surface area (Å²) in [4.78, 5) is 30.5. The second-order valence-electron chi connectivity index (χ2n) is 6.29. The zero-order chi connectivity index (χ0) is 19.9. The van der Waals surface area contributed by atoms with Crippen LogP contribution in [0.1, 0.15) is 18.5 Å². The van der Waals surface area contributed by atoms with Gasteiger partial charge in [-0.2, -0.15) is 0 Å². The van der Waals surface area contributed by atoms with E-state index in [4.69, 9.17) is 27.6 Å². The SMILES string of the molecule is CC1(c2ccccn2)NC(=O)N(Cc2nnc(-c3ccc(Cl)cc3Cl)o2)C1=O. The molecule has 2 aromatic heterocycles. The molecule has 3 amide bonds. The topological polar surface area (TPSA) is 101 Å². The van der Waals surface area contributed by atoms with E-state index in [-0.39, 0.29) is 18.3 Å². The number of hydrogen-bond acceptors (Lipinski definition) is 6. The zero-order valence-electron chi connectivity index (χ0n) is 14.5. The van der Waals surface area contributed by atoms with Crippen LogP contribution in [0.3, 0.4) is 0 Å². The van der Waals surface area contributed by atoms with Gasteiger partial charge in [0.05, 0.1) is 16.3 Å². The first kappa shape index (κ1) is 18.4. The molecular weight excluding hydrogens is 405 g/mol. The lowest BCUT2D eigenvalue weighted by Gasteiger charge is -2.20. The van der Waals surface area contributed by atoms with Crippen LogP contribution in [0.5, 0.6) is 0 Å². The predicted octanol–water partition coefficient (Wildman–Crippen LogP) is 3.41. The average Bonchev–Trinajstić information content (AvgIpc) is 3.22. The van der Waals surface area contributed by atoms with Crippen molar-refractivity contribution in [3.05, 3.63) is 64.2 Å². The van der Waals surface area contributed by atoms with Gasteiger partial charge in [-0.1, -0.05) is 29.3 Å². The fourth-order valence-electron chi connectivity index (χ4n) is 2.90. The van der Waals surface area contributed by atoms with Gasteiger partial charge in [-0.3, -0.25) is 14.7 Å². The molecule has 28 heavy (non-hydrogen) atoms. The molecule has 0 spiro atoms. The maximum atomic E-state index is 12.9. The van der Waals surface area contributed by atoms with Crippen LogP contribution in [0, 0.1) is 0 Å². The van der Waals surface area contributed by atoms with Gasteiger partial charge in [0.1, 0.15) is 6.54 Å². The van der Waals surface area contributed by atoms with Crippen LogP contribution in [0.2, 0.25) is 10.0 Å². The highest BCUT2D eigenvalue weighted by Crippen LogP contribution is 2.31. The van der Waals surface area contributed by atoms with Crippen LogP contribution in [0.4, 0.5) is 4.79 Å². The molecule has 8 nitrogen and oxygen atoms in total. The van der Waals surface area contributed by atoms with Gasteiger partial charge in [0.2, 0.25) is 11.8 Å². The van der Waals surface area contributed by atoms with E-state index >= 15 is 0 Å². The molecule has 0 saturated carbocycles. The number of benzene rings is 1. The summed E-state index contributed by atoms with van der Waals surface area (Å²) in [7, 11) is 0. The van der Waals surface area contributed by atoms with E-state index in [0.717, 1.165) is 4.90 Å². The first-order valence-electron chi connectivity index (χ1n) is 8.22. The lowest BCUT2D eigenvalue weighted by Crippen LogP contribution is -2.41. The van der Waals surface area contributed by atoms with Gasteiger partial charge < -0.3 is 9.73 Å². The van der Waals surface area contributed by atoms with E-state index in [1.807, 2.05) is 0 Å². The number of imide groups is 1. The molecule has 3 aromatic rings. The zero-order valence-corrected chi connectivity index (χ0v) is 16.0. The summed E-state index contributed by atoms with van der Waals surface area (Å²) in [5.41, 5.74) is -0.323. The van der Waals surface area contributed by atoms with Gasteiger partial charge in [-0.25, -0.2) is 4.79 Å². The van der Waals surface area contributed by atoms with Crippen molar-refractivity contribution in [3.63, 3.8) is 0 Å². The average molecular weight is 418 g/mol. The minimum atomic E-state index is -1.26. The monoisotopic (exact) mass is 417 g/mol. The first-order valence-corrected chi connectivity index (χ1v) is 8.97. The van der Waals surface area contributed by atoms with Gasteiger partial charge in [0.25, 0.3) is 5.91 Å². The number of carbonyl (C=O) groups excluding carboxylic acids is 2. The second kappa shape index (κ2) is 6.88. The number of hydrogen-bond donors (Lipinski definition) is 1. The highest BCUT2D eigenvalue weighted by Gasteiger charge is 2.50. The number of nitrogens with one attached hydrogen (secondary N) is 1. The van der Waals surface area contributed by atoms with E-state index in [1.54, 1.807) is 49.5 Å². The van der Waals surface area contributed by atoms with Crippen molar-refractivity contribution in [2.75, 3.05) is 0 Å². The fourth-order valence-corrected chi connectivity index (χ4v) is 3.39. The molecule has 0 radical (unpaired) electrons. The van der Waals surface area contributed by atoms with Crippen molar-refractivity contribution in [2.24, 2.45) is 0 Å². The third kappa shape index (κ3) is 3.10. The third-order valence-corrected chi connectivity index (χ3v) is 4.92. The van der Waals surface area contributed by atoms with Crippen LogP contribution in [0.15, 0.2) is 47.0 Å². The van der Waals surface area contributed by atoms with Gasteiger partial charge in [0, 0.05) is 11.2 Å². The van der Waals surface area contributed by atoms with Crippen LogP contribution in [-0.4, -0.2) is 32.0 Å². The van der Waals surface area contributed by atoms with E-state index in [2.05, 4.69) is 20.5 Å². The number of rotatable bonds is 4. The molecular formula is C18H13Cl2N5O3. The minimum absolute atomic E-state index is 0.0924. The summed E-state index contributed by atoms with van der Waals surface area (Å²) in [5.74, 6) is -0.202. The van der Waals surface area contributed by atoms with Gasteiger partial charge >= 0.3 is 6.03 Å². The number of pyridine rings is 1. The Labute approximate surface area is 169 Å². The Hall–Kier alpha value is -2.97. The van der Waals surface area contributed by atoms with Crippen molar-refractivity contribution in [1.29, 1.82) is 0 Å². The van der Waals surface area contributed by atoms with E-state index < -0.39 is 17.5 Å². The predicted molar refractivity (Wildman–Crippen MR) is 100 cm³/mol. The largest absolute Gasteiger partial charge is 0.419 e. The third-order valence-electron chi connectivity index (χ3n) is 4.37. The first-order chi connectivity index (χ1) is 13.4. The standard InChI is InChI=1S/C18H13Cl2N5O3/c1-18(13-4-2-3-7-21-13)16(26)25(17(27)22-18)9-14-23-24-15(28-14)11-6-5-10(19)8-12(11)20/h2-8H,9H2,1H3,(H,22,27). The highest BCUT2D eigenvalue weighted by atomic mass is 35.5. The molecule has 1 saturated heterocycles. The summed E-state index contributed by atoms with van der Waals surface area (Å²) in [6.07, 6.45) is 1.56. The molecule has 1 fully saturated rings. The molecule has 1 unspecified atom stereocenters. The molecule has 10 heteroatoms. The van der Waals surface area contributed by atoms with Crippen LogP contribution in [0.25, 0.3) is 11.5 Å². The van der Waals surface area contributed by atoms with Crippen molar-refractivity contribution in [2.45, 2.75) is 19.0 Å². The van der Waals surface area contributed by atoms with Crippen molar-refractivity contribution >= 4 is 35.1 Å². The Morgan fingerprint density at radius 3 is 2.71 bits per heavy atom. The molecule has 1 aliphatic rings. The summed E-state index contributed by atoms with van der Waals surface area (Å²) < 4.78 is 5.58. The van der Waals surface area contributed by atoms with Crippen molar-refractivity contribution in [3.8, 4) is 11.5 Å². The molecule has 4 rings (SSSR count). The smallest absolute Gasteiger partial charge is 0.325 e. The normalized spacial score (nSPS) is 19.2. The molecule has 3 heterocycles. The van der Waals surface area contributed by atoms with Gasteiger partial charge in [0.15, 0.2) is 5.54 Å². The molecule has 0 aliphatic carbocycles. The lowest BCUT2D eigenvalue weighted by atomic mass is 9.97. The molecule has 1 aliphatic heterocycles. The minimum Gasteiger partial charge on any atom is -0.419 e. The quantitative estimate of drug-likeness (QED) is 0.652. The number of halogens is 2. The molecule has 142 valence electrons. The number of amides is 3. The number of aromatic nitrogens is 3. The Bertz CT molecular complexity index is 1070. The van der Waals surface area contributed by atoms with Crippen molar-refractivity contribution in [1.82, 2.24) is 25.4 Å².